The number of rotatable bonds is 4. The zero-order valence-electron chi connectivity index (χ0n) is 13.1. The summed E-state index contributed by atoms with van der Waals surface area (Å²) in [6, 6.07) is 10.2. The Morgan fingerprint density at radius 3 is 2.42 bits per heavy atom. The number of carbonyl (C=O) groups excluding carboxylic acids is 1. The SMILES string of the molecule is O=C(Nc1ccc(F)c(F)c1F)c1ccc(Nc2cccc(F)c2)nc1. The lowest BCUT2D eigenvalue weighted by Crippen LogP contribution is -2.14. The van der Waals surface area contributed by atoms with Gasteiger partial charge in [-0.25, -0.2) is 22.5 Å². The number of hydrogen-bond donors (Lipinski definition) is 2. The maximum absolute atomic E-state index is 13.6. The van der Waals surface area contributed by atoms with Crippen LogP contribution in [0.5, 0.6) is 0 Å². The fourth-order valence-electron chi connectivity index (χ4n) is 2.13. The molecule has 1 amide bonds. The Bertz CT molecular complexity index is 961. The minimum Gasteiger partial charge on any atom is -0.340 e. The number of aromatic nitrogens is 1. The van der Waals surface area contributed by atoms with Crippen LogP contribution in [-0.2, 0) is 0 Å². The Morgan fingerprint density at radius 2 is 1.73 bits per heavy atom. The molecule has 132 valence electrons. The van der Waals surface area contributed by atoms with Crippen LogP contribution < -0.4 is 10.6 Å². The van der Waals surface area contributed by atoms with Gasteiger partial charge in [0, 0.05) is 11.9 Å². The summed E-state index contributed by atoms with van der Waals surface area (Å²) in [5.74, 6) is -5.33. The fraction of sp³-hybridized carbons (Fsp3) is 0. The van der Waals surface area contributed by atoms with E-state index in [9.17, 15) is 22.4 Å². The van der Waals surface area contributed by atoms with Crippen LogP contribution in [0.25, 0.3) is 0 Å². The van der Waals surface area contributed by atoms with Gasteiger partial charge in [-0.05, 0) is 42.5 Å². The topological polar surface area (TPSA) is 54.0 Å². The minimum absolute atomic E-state index is 0.0684. The first-order valence-electron chi connectivity index (χ1n) is 7.37. The van der Waals surface area contributed by atoms with Crippen molar-refractivity contribution in [3.05, 3.63) is 83.6 Å². The van der Waals surface area contributed by atoms with Crippen molar-refractivity contribution in [3.8, 4) is 0 Å². The molecule has 0 aliphatic rings. The maximum atomic E-state index is 13.6. The second-order valence-electron chi connectivity index (χ2n) is 5.24. The molecule has 0 unspecified atom stereocenters. The minimum atomic E-state index is -1.67. The quantitative estimate of drug-likeness (QED) is 0.526. The molecule has 26 heavy (non-hydrogen) atoms. The van der Waals surface area contributed by atoms with Crippen LogP contribution in [-0.4, -0.2) is 10.9 Å². The van der Waals surface area contributed by atoms with Crippen LogP contribution in [0, 0.1) is 23.3 Å². The van der Waals surface area contributed by atoms with Gasteiger partial charge in [0.2, 0.25) is 0 Å². The van der Waals surface area contributed by atoms with Gasteiger partial charge in [-0.2, -0.15) is 0 Å². The number of benzene rings is 2. The van der Waals surface area contributed by atoms with Gasteiger partial charge in [0.15, 0.2) is 17.5 Å². The average molecular weight is 361 g/mol. The largest absolute Gasteiger partial charge is 0.340 e. The molecule has 0 bridgehead atoms. The number of nitrogens with one attached hydrogen (secondary N) is 2. The zero-order valence-corrected chi connectivity index (χ0v) is 13.1. The molecule has 0 aliphatic heterocycles. The Hall–Kier alpha value is -3.42. The van der Waals surface area contributed by atoms with E-state index < -0.39 is 34.9 Å². The van der Waals surface area contributed by atoms with Gasteiger partial charge in [0.05, 0.1) is 11.3 Å². The monoisotopic (exact) mass is 361 g/mol. The summed E-state index contributed by atoms with van der Waals surface area (Å²) < 4.78 is 52.8. The Kier molecular flexibility index (Phi) is 4.83. The highest BCUT2D eigenvalue weighted by Crippen LogP contribution is 2.21. The van der Waals surface area contributed by atoms with E-state index in [1.807, 2.05) is 0 Å². The smallest absolute Gasteiger partial charge is 0.257 e. The third-order valence-electron chi connectivity index (χ3n) is 3.41. The van der Waals surface area contributed by atoms with Crippen molar-refractivity contribution in [2.45, 2.75) is 0 Å². The first-order chi connectivity index (χ1) is 12.4. The zero-order chi connectivity index (χ0) is 18.7. The number of anilines is 3. The second-order valence-corrected chi connectivity index (χ2v) is 5.24. The van der Waals surface area contributed by atoms with Crippen molar-refractivity contribution in [2.75, 3.05) is 10.6 Å². The molecule has 3 aromatic rings. The van der Waals surface area contributed by atoms with Crippen molar-refractivity contribution < 1.29 is 22.4 Å². The number of hydrogen-bond acceptors (Lipinski definition) is 3. The van der Waals surface area contributed by atoms with E-state index >= 15 is 0 Å². The van der Waals surface area contributed by atoms with E-state index in [1.165, 1.54) is 36.5 Å². The highest BCUT2D eigenvalue weighted by molar-refractivity contribution is 6.04. The lowest BCUT2D eigenvalue weighted by molar-refractivity contribution is 0.102. The van der Waals surface area contributed by atoms with Crippen molar-refractivity contribution in [1.29, 1.82) is 0 Å². The molecule has 1 heterocycles. The molecule has 0 saturated carbocycles. The van der Waals surface area contributed by atoms with Gasteiger partial charge in [-0.3, -0.25) is 4.79 Å². The van der Waals surface area contributed by atoms with E-state index in [0.717, 1.165) is 6.07 Å². The molecule has 2 N–H and O–H groups in total. The predicted molar refractivity (Wildman–Crippen MR) is 88.2 cm³/mol. The van der Waals surface area contributed by atoms with Crippen molar-refractivity contribution in [1.82, 2.24) is 4.98 Å². The van der Waals surface area contributed by atoms with E-state index in [2.05, 4.69) is 15.6 Å². The standard InChI is InChI=1S/C18H11F4N3O/c19-11-2-1-3-12(8-11)24-15-7-4-10(9-23-15)18(26)25-14-6-5-13(20)16(21)17(14)22/h1-9H,(H,23,24)(H,25,26). The van der Waals surface area contributed by atoms with E-state index in [1.54, 1.807) is 6.07 Å². The van der Waals surface area contributed by atoms with Crippen LogP contribution >= 0.6 is 0 Å². The molecule has 0 saturated heterocycles. The second kappa shape index (κ2) is 7.22. The van der Waals surface area contributed by atoms with Gasteiger partial charge in [-0.15, -0.1) is 0 Å². The van der Waals surface area contributed by atoms with E-state index in [-0.39, 0.29) is 5.56 Å². The fourth-order valence-corrected chi connectivity index (χ4v) is 2.13. The molecule has 1 aromatic heterocycles. The Labute approximate surface area is 145 Å². The third-order valence-corrected chi connectivity index (χ3v) is 3.41. The molecule has 0 radical (unpaired) electrons. The molecule has 4 nitrogen and oxygen atoms in total. The van der Waals surface area contributed by atoms with Crippen LogP contribution in [0.1, 0.15) is 10.4 Å². The molecule has 8 heteroatoms. The summed E-state index contributed by atoms with van der Waals surface area (Å²) >= 11 is 0. The first kappa shape index (κ1) is 17.4. The number of carbonyl (C=O) groups is 1. The number of halogens is 4. The lowest BCUT2D eigenvalue weighted by atomic mass is 10.2. The van der Waals surface area contributed by atoms with Gasteiger partial charge in [0.25, 0.3) is 5.91 Å². The van der Waals surface area contributed by atoms with E-state index in [0.29, 0.717) is 17.6 Å². The first-order valence-corrected chi connectivity index (χ1v) is 7.37. The van der Waals surface area contributed by atoms with Crippen molar-refractivity contribution in [2.24, 2.45) is 0 Å². The van der Waals surface area contributed by atoms with Gasteiger partial charge in [0.1, 0.15) is 11.6 Å². The summed E-state index contributed by atoms with van der Waals surface area (Å²) in [4.78, 5) is 16.1. The number of amides is 1. The molecular formula is C18H11F4N3O. The predicted octanol–water partition coefficient (Wildman–Crippen LogP) is 4.63. The van der Waals surface area contributed by atoms with Crippen molar-refractivity contribution >= 4 is 23.1 Å². The maximum Gasteiger partial charge on any atom is 0.257 e. The normalized spacial score (nSPS) is 10.5. The molecule has 0 fully saturated rings. The van der Waals surface area contributed by atoms with Crippen LogP contribution in [0.4, 0.5) is 34.8 Å². The van der Waals surface area contributed by atoms with E-state index in [4.69, 9.17) is 0 Å². The average Bonchev–Trinajstić information content (AvgIpc) is 2.63. The van der Waals surface area contributed by atoms with Crippen molar-refractivity contribution in [3.63, 3.8) is 0 Å². The molecule has 3 rings (SSSR count). The van der Waals surface area contributed by atoms with Crippen LogP contribution in [0.2, 0.25) is 0 Å². The van der Waals surface area contributed by atoms with Gasteiger partial charge >= 0.3 is 0 Å². The molecular weight excluding hydrogens is 350 g/mol. The summed E-state index contributed by atoms with van der Waals surface area (Å²) in [5.41, 5.74) is 0.0494. The van der Waals surface area contributed by atoms with Gasteiger partial charge < -0.3 is 10.6 Å². The summed E-state index contributed by atoms with van der Waals surface area (Å²) in [7, 11) is 0. The molecule has 2 aromatic carbocycles. The Balaban J connectivity index is 1.72. The molecule has 0 spiro atoms. The summed E-state index contributed by atoms with van der Waals surface area (Å²) in [6.07, 6.45) is 1.20. The Morgan fingerprint density at radius 1 is 0.923 bits per heavy atom. The molecule has 0 atom stereocenters. The third kappa shape index (κ3) is 3.80. The molecule has 0 aliphatic carbocycles. The highest BCUT2D eigenvalue weighted by Gasteiger charge is 2.16. The van der Waals surface area contributed by atoms with Crippen LogP contribution in [0.15, 0.2) is 54.7 Å². The number of pyridine rings is 1. The highest BCUT2D eigenvalue weighted by atomic mass is 19.2. The summed E-state index contributed by atoms with van der Waals surface area (Å²) in [6.45, 7) is 0. The lowest BCUT2D eigenvalue weighted by Gasteiger charge is -2.09. The summed E-state index contributed by atoms with van der Waals surface area (Å²) in [5, 5.41) is 4.99. The van der Waals surface area contributed by atoms with Gasteiger partial charge in [-0.1, -0.05) is 6.07 Å². The van der Waals surface area contributed by atoms with Crippen LogP contribution in [0.3, 0.4) is 0 Å². The number of nitrogens with zero attached hydrogens (tertiary/aromatic N) is 1.